The third-order valence-electron chi connectivity index (χ3n) is 26.4. The van der Waals surface area contributed by atoms with Crippen LogP contribution < -0.4 is 32.7 Å². The number of carbonyl (C=O) groups is 6. The summed E-state index contributed by atoms with van der Waals surface area (Å²) in [6.45, 7) is 12.4. The molecule has 6 aliphatic rings. The van der Waals surface area contributed by atoms with Crippen LogP contribution in [0.3, 0.4) is 0 Å². The molecule has 4 saturated heterocycles. The Bertz CT molecular complexity index is 4000. The summed E-state index contributed by atoms with van der Waals surface area (Å²) in [6.07, 6.45) is 1.86. The molecule has 4 bridgehead atoms. The van der Waals surface area contributed by atoms with E-state index >= 15 is 0 Å². The number of hydrogen-bond acceptors (Lipinski definition) is 36. The molecule has 6 heterocycles. The number of rotatable bonds is 16. The molecule has 38 atom stereocenters. The van der Waals surface area contributed by atoms with Gasteiger partial charge in [0.25, 0.3) is 0 Å². The van der Waals surface area contributed by atoms with Gasteiger partial charge in [0.15, 0.2) is 24.2 Å². The number of nitrogens with one attached hydrogen (secondary N) is 4. The number of amides is 4. The molecule has 0 aromatic heterocycles. The predicted molar refractivity (Wildman–Crippen MR) is 525 cm³/mol. The van der Waals surface area contributed by atoms with E-state index in [0.29, 0.717) is 0 Å². The first-order valence-electron chi connectivity index (χ1n) is 49.7. The van der Waals surface area contributed by atoms with Gasteiger partial charge in [-0.3, -0.25) is 28.8 Å². The zero-order valence-corrected chi connectivity index (χ0v) is 83.0. The van der Waals surface area contributed by atoms with Crippen molar-refractivity contribution in [1.82, 2.24) is 21.3 Å². The van der Waals surface area contributed by atoms with Gasteiger partial charge in [-0.1, -0.05) is 198 Å². The number of aliphatic hydroxyl groups is 20. The zero-order valence-electron chi connectivity index (χ0n) is 83.0. The van der Waals surface area contributed by atoms with Crippen LogP contribution in [0.1, 0.15) is 177 Å². The van der Waals surface area contributed by atoms with Gasteiger partial charge in [-0.25, -0.2) is 0 Å². The van der Waals surface area contributed by atoms with Gasteiger partial charge < -0.3 is 173 Å². The van der Waals surface area contributed by atoms with Gasteiger partial charge in [0.2, 0.25) is 23.6 Å². The first-order valence-corrected chi connectivity index (χ1v) is 49.7. The van der Waals surface area contributed by atoms with Crippen LogP contribution in [0.5, 0.6) is 0 Å². The summed E-state index contributed by atoms with van der Waals surface area (Å²) in [7, 11) is 0. The maximum Gasteiger partial charge on any atom is 0.308 e. The maximum absolute atomic E-state index is 14.5. The number of allylic oxidation sites excluding steroid dienone is 24. The number of carbonyl (C=O) groups excluding carboxylic acids is 6. The minimum atomic E-state index is -2.47. The second-order valence-electron chi connectivity index (χ2n) is 38.6. The molecular weight excluding hydrogens is 1870 g/mol. The van der Waals surface area contributed by atoms with Crippen LogP contribution in [0.25, 0.3) is 0 Å². The predicted octanol–water partition coefficient (Wildman–Crippen LogP) is -0.0971. The molecule has 143 heavy (non-hydrogen) atoms. The van der Waals surface area contributed by atoms with E-state index in [1.807, 2.05) is 0 Å². The van der Waals surface area contributed by atoms with Crippen molar-refractivity contribution in [2.75, 3.05) is 26.2 Å². The molecule has 40 nitrogen and oxygen atoms in total. The second-order valence-corrected chi connectivity index (χ2v) is 38.6. The van der Waals surface area contributed by atoms with Gasteiger partial charge in [-0.05, 0) is 72.6 Å². The monoisotopic (exact) mass is 2030 g/mol. The first-order chi connectivity index (χ1) is 67.7. The lowest BCUT2D eigenvalue weighted by atomic mass is 9.82. The van der Waals surface area contributed by atoms with Gasteiger partial charge in [0.1, 0.15) is 24.4 Å². The summed E-state index contributed by atoms with van der Waals surface area (Å²) >= 11 is 0. The summed E-state index contributed by atoms with van der Waals surface area (Å²) < 4.78 is 48.0. The molecule has 0 aromatic rings. The summed E-state index contributed by atoms with van der Waals surface area (Å²) in [6, 6.07) is -2.52. The highest BCUT2D eigenvalue weighted by Gasteiger charge is 2.54. The van der Waals surface area contributed by atoms with Gasteiger partial charge in [0.05, 0.1) is 171 Å². The molecule has 4 fully saturated rings. The molecule has 4 amide bonds. The number of cyclic esters (lactones) is 2. The van der Waals surface area contributed by atoms with Crippen LogP contribution in [0.4, 0.5) is 0 Å². The van der Waals surface area contributed by atoms with E-state index in [1.165, 1.54) is 26.0 Å². The van der Waals surface area contributed by atoms with E-state index < -0.39 is 318 Å². The number of ether oxygens (including phenoxy) is 8. The summed E-state index contributed by atoms with van der Waals surface area (Å²) in [4.78, 5) is 81.3. The molecule has 0 aromatic carbocycles. The molecule has 6 aliphatic heterocycles. The molecule has 808 valence electrons. The average Bonchev–Trinajstić information content (AvgIpc) is 0.781. The molecule has 0 radical (unpaired) electrons. The van der Waals surface area contributed by atoms with E-state index in [4.69, 9.17) is 49.4 Å². The Hall–Kier alpha value is -7.94. The Labute approximate surface area is 837 Å². The van der Waals surface area contributed by atoms with Gasteiger partial charge in [0, 0.05) is 114 Å². The zero-order chi connectivity index (χ0) is 106. The normalized spacial score (nSPS) is 42.4. The highest BCUT2D eigenvalue weighted by Crippen LogP contribution is 2.41. The van der Waals surface area contributed by atoms with Crippen LogP contribution in [0.2, 0.25) is 0 Å². The Balaban J connectivity index is 1.13. The Kier molecular flexibility index (Phi) is 55.1. The highest BCUT2D eigenvalue weighted by atomic mass is 16.7. The lowest BCUT2D eigenvalue weighted by Gasteiger charge is -2.46. The molecule has 0 spiro atoms. The second kappa shape index (κ2) is 63.7. The molecule has 6 rings (SSSR count). The quantitative estimate of drug-likeness (QED) is 0.0709. The SMILES string of the molecule is C[C@@H]1[C@H](O)[C@@H](C)/C=C/C=C/C=C/C=C/C=C/C=C/C=C/[C@H](O[C@@H]2O[C@H](C)[C@@H](O)[C@H](N)[C@@H]2O)C[C@@H]2O[C@](O)(C[C@@H](O)C[C@@H](O)[C@H](O)CC[C@@H](O)C[C@@H](O)CC(=O)O[C@H]1C)C[C@H](O)[C@H]2C(=O)NCCNC(=O)CCCC(=O)NCCNC(=O)[C@H]1[C@@H]2C[C@@H](O[C@@H]3O[C@H](C)[C@@H](O)[C@H](N)[C@@H]3O)/C=C/C=C/C=C/C=C/C=C/C=C/C=C/[C@H](C)[C@@H](O)[C@@H](C)[C@H](C)OC(=O)C[C@H](O)C[C@H](O)CC[C@@H](O)[C@H](O)C[C@H](O)C[C@](O)(C[C@@H]1O)O2. The van der Waals surface area contributed by atoms with Crippen molar-refractivity contribution in [3.8, 4) is 0 Å². The van der Waals surface area contributed by atoms with Crippen molar-refractivity contribution in [3.05, 3.63) is 170 Å². The standard InChI is InChI=1S/C103H162N6O34/c1-60-34-29-25-21-17-13-9-11-15-19-23-27-31-36-74(140-100-96(130)90(104)94(128)66(7)138-100)54-82-88(80(120)58-102(134,142-82)56-72(114)50-78(118)76(116)42-40-68(110)48-70(112)52-86(124)136-64(5)62(3)92(60)126)98(132)108-46-44-106-84(122)38-33-39-85(123)107-45-47-109-99(133)89-81(121)59-103(135)57-73(115)51-79(119)77(117)43-41-69(111)49-71(113)53-87(125)137-65(6)63(4)93(127)61(2)35-30-26-22-18-14-10-12-16-20-24-28-32-37-75(55-83(89)143-103)141-101-97(131)91(105)95(129)67(8)139-101/h9-32,34-37,60-83,88-97,100-101,110-121,126-131,134-135H,33,38-59,104-105H2,1-8H3,(H,106,122)(H,107,123)(H,108,132)(H,109,133)/b11-9+,12-10+,17-13+,18-14+,19-15+,20-16+,25-21+,26-22+,27-23+,28-24+,34-29+,35-30+,36-31+,37-32+/t60-,61-,62-,63-,64-,65-,66+,67+,68+,69+,70+,71+,72-,73-,74-,75-,76+,77+,78+,79+,80-,81-,82-,83-,88+,89+,90-,91-,92+,93+,94+,95+,96-,97-,100-,101-,102+,103+/m0/s1. The van der Waals surface area contributed by atoms with Crippen LogP contribution in [-0.4, -0.2) is 359 Å². The van der Waals surface area contributed by atoms with E-state index in [2.05, 4.69) is 21.3 Å². The summed E-state index contributed by atoms with van der Waals surface area (Å²) in [5.74, 6) is -14.1. The van der Waals surface area contributed by atoms with Crippen molar-refractivity contribution in [1.29, 1.82) is 0 Å². The third kappa shape index (κ3) is 44.2. The van der Waals surface area contributed by atoms with Crippen LogP contribution in [-0.2, 0) is 66.7 Å². The minimum absolute atomic E-state index is 0.00395. The van der Waals surface area contributed by atoms with E-state index in [9.17, 15) is 131 Å². The van der Waals surface area contributed by atoms with Crippen molar-refractivity contribution in [2.24, 2.45) is 47.0 Å². The van der Waals surface area contributed by atoms with Crippen molar-refractivity contribution in [2.45, 2.75) is 372 Å². The van der Waals surface area contributed by atoms with Gasteiger partial charge in [-0.15, -0.1) is 0 Å². The van der Waals surface area contributed by atoms with Gasteiger partial charge >= 0.3 is 11.9 Å². The van der Waals surface area contributed by atoms with Crippen LogP contribution in [0, 0.1) is 35.5 Å². The number of esters is 2. The number of hydrogen-bond donors (Lipinski definition) is 26. The Morgan fingerprint density at radius 1 is 0.343 bits per heavy atom. The third-order valence-corrected chi connectivity index (χ3v) is 26.4. The number of aliphatic hydroxyl groups excluding tert-OH is 18. The van der Waals surface area contributed by atoms with Gasteiger partial charge in [-0.2, -0.15) is 0 Å². The molecular formula is C103H162N6O34. The van der Waals surface area contributed by atoms with Crippen LogP contribution >= 0.6 is 0 Å². The molecule has 0 aliphatic carbocycles. The smallest absolute Gasteiger partial charge is 0.308 e. The summed E-state index contributed by atoms with van der Waals surface area (Å²) in [5, 5.41) is 236. The maximum atomic E-state index is 14.5. The fourth-order valence-electron chi connectivity index (χ4n) is 17.6. The Morgan fingerprint density at radius 2 is 0.643 bits per heavy atom. The first kappa shape index (κ1) is 124. The molecule has 0 unspecified atom stereocenters. The van der Waals surface area contributed by atoms with Crippen molar-refractivity contribution in [3.63, 3.8) is 0 Å². The summed E-state index contributed by atoms with van der Waals surface area (Å²) in [5.41, 5.74) is 12.4. The van der Waals surface area contributed by atoms with Crippen LogP contribution in [0.15, 0.2) is 170 Å². The minimum Gasteiger partial charge on any atom is -0.462 e. The molecule has 40 heteroatoms. The Morgan fingerprint density at radius 3 is 0.965 bits per heavy atom. The number of nitrogens with two attached hydrogens (primary N) is 2. The topological polar surface area (TPSA) is 681 Å². The van der Waals surface area contributed by atoms with E-state index in [-0.39, 0.29) is 95.8 Å². The highest BCUT2D eigenvalue weighted by molar-refractivity contribution is 5.81. The van der Waals surface area contributed by atoms with E-state index in [1.54, 1.807) is 200 Å². The molecule has 0 saturated carbocycles. The fourth-order valence-corrected chi connectivity index (χ4v) is 17.6. The number of fused-ring (bicyclic) bond motifs is 4. The molecule has 28 N–H and O–H groups in total. The fraction of sp³-hybridized carbons (Fsp3) is 0.670. The van der Waals surface area contributed by atoms with Crippen molar-refractivity contribution < 1.29 is 169 Å². The average molecular weight is 2030 g/mol. The largest absolute Gasteiger partial charge is 0.462 e. The lowest BCUT2D eigenvalue weighted by Crippen LogP contribution is -2.62. The van der Waals surface area contributed by atoms with Crippen molar-refractivity contribution >= 4 is 35.6 Å². The lowest BCUT2D eigenvalue weighted by molar-refractivity contribution is -0.308. The van der Waals surface area contributed by atoms with E-state index in [0.717, 1.165) is 0 Å².